The van der Waals surface area contributed by atoms with Crippen LogP contribution in [0.3, 0.4) is 0 Å². The van der Waals surface area contributed by atoms with E-state index in [9.17, 15) is 9.90 Å². The van der Waals surface area contributed by atoms with E-state index in [1.807, 2.05) is 63.6 Å². The van der Waals surface area contributed by atoms with E-state index < -0.39 is 0 Å². The van der Waals surface area contributed by atoms with Crippen molar-refractivity contribution in [1.29, 1.82) is 0 Å². The second-order valence-corrected chi connectivity index (χ2v) is 17.2. The van der Waals surface area contributed by atoms with Gasteiger partial charge in [-0.2, -0.15) is 0 Å². The Morgan fingerprint density at radius 1 is 0.923 bits per heavy atom. The summed E-state index contributed by atoms with van der Waals surface area (Å²) in [6.07, 6.45) is 7.87. The molecule has 0 unspecified atom stereocenters. The first-order valence-corrected chi connectivity index (χ1v) is 19.5. The fourth-order valence-electron chi connectivity index (χ4n) is 6.23. The molecule has 3 heterocycles. The average Bonchev–Trinajstić information content (AvgIpc) is 3.51. The number of aliphatic hydroxyl groups is 1. The molecular formula is C46H59IrN2O2S-. The Balaban J connectivity index is 0.000000347. The van der Waals surface area contributed by atoms with Crippen LogP contribution in [0.15, 0.2) is 78.7 Å². The Kier molecular flexibility index (Phi) is 14.6. The molecule has 4 nitrogen and oxygen atoms in total. The predicted octanol–water partition coefficient (Wildman–Crippen LogP) is 12.7. The normalized spacial score (nSPS) is 12.5. The first-order chi connectivity index (χ1) is 24.0. The number of aromatic nitrogens is 2. The SMILES string of the molecule is CCC(C)(CC)C(=O)/C=C(\O)C(C)(CC)CC.[CH2-][n+]1ccc(-c2ccc3sc(CC(C)C)cc3n2)cc1-c1[c-]c2ccccc2c(C(C)(C)C)c1.[Ir]. The summed E-state index contributed by atoms with van der Waals surface area (Å²) in [5, 5.41) is 12.5. The first kappa shape index (κ1) is 43.1. The molecule has 0 atom stereocenters. The number of aliphatic hydroxyl groups excluding tert-OH is 1. The van der Waals surface area contributed by atoms with Crippen molar-refractivity contribution in [2.45, 2.75) is 114 Å². The third-order valence-corrected chi connectivity index (χ3v) is 11.9. The molecule has 3 aromatic heterocycles. The summed E-state index contributed by atoms with van der Waals surface area (Å²) >= 11 is 1.86. The van der Waals surface area contributed by atoms with Crippen LogP contribution in [0.5, 0.6) is 0 Å². The average molecular weight is 896 g/mol. The van der Waals surface area contributed by atoms with E-state index in [1.54, 1.807) is 0 Å². The monoisotopic (exact) mass is 896 g/mol. The number of rotatable bonds is 11. The minimum absolute atomic E-state index is 0. The number of thiophene rings is 1. The van der Waals surface area contributed by atoms with Gasteiger partial charge in [-0.3, -0.25) is 4.79 Å². The Hall–Kier alpha value is -3.31. The molecule has 5 rings (SSSR count). The minimum Gasteiger partial charge on any atom is -0.512 e. The van der Waals surface area contributed by atoms with E-state index in [2.05, 4.69) is 108 Å². The van der Waals surface area contributed by atoms with Gasteiger partial charge in [0.05, 0.1) is 22.1 Å². The number of benzene rings is 2. The van der Waals surface area contributed by atoms with Crippen molar-refractivity contribution in [1.82, 2.24) is 4.98 Å². The van der Waals surface area contributed by atoms with Crippen LogP contribution in [0.25, 0.3) is 43.5 Å². The van der Waals surface area contributed by atoms with Gasteiger partial charge in [-0.15, -0.1) is 40.5 Å². The molecule has 1 N–H and O–H groups in total. The van der Waals surface area contributed by atoms with Gasteiger partial charge in [-0.25, -0.2) is 4.98 Å². The van der Waals surface area contributed by atoms with E-state index in [0.717, 1.165) is 65.5 Å². The molecule has 0 fully saturated rings. The van der Waals surface area contributed by atoms with Crippen LogP contribution in [0.1, 0.15) is 112 Å². The minimum atomic E-state index is -0.337. The number of nitrogens with zero attached hydrogens (tertiary/aromatic N) is 2. The number of hydrogen-bond acceptors (Lipinski definition) is 4. The van der Waals surface area contributed by atoms with Gasteiger partial charge in [0, 0.05) is 48.9 Å². The fraction of sp³-hybridized carbons (Fsp3) is 0.435. The Morgan fingerprint density at radius 2 is 1.56 bits per heavy atom. The van der Waals surface area contributed by atoms with Crippen LogP contribution in [-0.4, -0.2) is 15.9 Å². The molecule has 52 heavy (non-hydrogen) atoms. The zero-order valence-electron chi connectivity index (χ0n) is 33.2. The number of fused-ring (bicyclic) bond motifs is 2. The van der Waals surface area contributed by atoms with Crippen molar-refractivity contribution >= 4 is 38.1 Å². The molecule has 281 valence electrons. The fourth-order valence-corrected chi connectivity index (χ4v) is 7.45. The van der Waals surface area contributed by atoms with Gasteiger partial charge in [0.15, 0.2) is 5.78 Å². The molecule has 0 aliphatic rings. The zero-order chi connectivity index (χ0) is 37.7. The topological polar surface area (TPSA) is 54.1 Å². The molecule has 2 aromatic carbocycles. The van der Waals surface area contributed by atoms with E-state index in [-0.39, 0.29) is 47.9 Å². The number of allylic oxidation sites excluding steroid dienone is 2. The molecule has 0 aliphatic heterocycles. The first-order valence-electron chi connectivity index (χ1n) is 18.7. The second-order valence-electron chi connectivity index (χ2n) is 16.0. The van der Waals surface area contributed by atoms with Gasteiger partial charge in [-0.1, -0.05) is 105 Å². The number of hydrogen-bond donors (Lipinski definition) is 1. The van der Waals surface area contributed by atoms with Crippen molar-refractivity contribution in [3.05, 3.63) is 102 Å². The molecular weight excluding hydrogens is 837 g/mol. The molecule has 0 bridgehead atoms. The maximum Gasteiger partial charge on any atom is 0.164 e. The number of carbonyl (C=O) groups is 1. The standard InChI is InChI=1S/C31H31N2S.C15H28O2.Ir/c1-20(2)15-24-19-28-30(34-24)12-11-27(32-28)22-13-14-33(6)29(18-22)23-16-21-9-7-8-10-25(21)26(17-23)31(3,4)5;1-7-14(5,8-2)12(16)11-13(17)15(6,9-3)10-4;/h7-14,17-20H,6,15H2,1-5H3;11,16H,7-10H2,1-6H3;/q-1;;/b;12-11-;. The number of pyridine rings is 2. The Labute approximate surface area is 331 Å². The van der Waals surface area contributed by atoms with Crippen molar-refractivity contribution in [2.75, 3.05) is 0 Å². The predicted molar refractivity (Wildman–Crippen MR) is 218 cm³/mol. The third-order valence-electron chi connectivity index (χ3n) is 10.8. The maximum absolute atomic E-state index is 12.2. The van der Waals surface area contributed by atoms with Crippen molar-refractivity contribution in [2.24, 2.45) is 16.7 Å². The molecule has 0 amide bonds. The summed E-state index contributed by atoms with van der Waals surface area (Å²) in [5.74, 6) is 0.932. The van der Waals surface area contributed by atoms with Crippen molar-refractivity contribution in [3.8, 4) is 22.5 Å². The molecule has 1 radical (unpaired) electrons. The third kappa shape index (κ3) is 9.81. The summed E-state index contributed by atoms with van der Waals surface area (Å²) in [6, 6.07) is 25.3. The molecule has 0 saturated heterocycles. The largest absolute Gasteiger partial charge is 0.512 e. The van der Waals surface area contributed by atoms with Crippen LogP contribution in [-0.2, 0) is 36.7 Å². The van der Waals surface area contributed by atoms with Crippen LogP contribution in [0.4, 0.5) is 0 Å². The molecule has 0 aliphatic carbocycles. The quantitative estimate of drug-likeness (QED) is 0.0622. The van der Waals surface area contributed by atoms with Crippen molar-refractivity contribution in [3.63, 3.8) is 0 Å². The van der Waals surface area contributed by atoms with E-state index >= 15 is 0 Å². The summed E-state index contributed by atoms with van der Waals surface area (Å²) in [4.78, 5) is 18.6. The molecule has 0 saturated carbocycles. The van der Waals surface area contributed by atoms with Crippen LogP contribution >= 0.6 is 11.3 Å². The second kappa shape index (κ2) is 17.7. The summed E-state index contributed by atoms with van der Waals surface area (Å²) in [5.41, 5.74) is 5.97. The molecule has 0 spiro atoms. The summed E-state index contributed by atoms with van der Waals surface area (Å²) < 4.78 is 3.18. The summed E-state index contributed by atoms with van der Waals surface area (Å²) in [6.45, 7) is 23.4. The van der Waals surface area contributed by atoms with Crippen LogP contribution < -0.4 is 4.57 Å². The van der Waals surface area contributed by atoms with Gasteiger partial charge in [-0.05, 0) is 79.3 Å². The van der Waals surface area contributed by atoms with E-state index in [4.69, 9.17) is 4.98 Å². The van der Waals surface area contributed by atoms with Gasteiger partial charge in [0.25, 0.3) is 0 Å². The van der Waals surface area contributed by atoms with Gasteiger partial charge >= 0.3 is 0 Å². The van der Waals surface area contributed by atoms with E-state index in [1.165, 1.54) is 26.6 Å². The maximum atomic E-state index is 12.2. The smallest absolute Gasteiger partial charge is 0.164 e. The summed E-state index contributed by atoms with van der Waals surface area (Å²) in [7, 11) is 4.26. The molecule has 6 heteroatoms. The van der Waals surface area contributed by atoms with Crippen LogP contribution in [0, 0.1) is 29.9 Å². The van der Waals surface area contributed by atoms with Crippen molar-refractivity contribution < 1.29 is 34.6 Å². The Morgan fingerprint density at radius 3 is 2.15 bits per heavy atom. The van der Waals surface area contributed by atoms with Gasteiger partial charge in [0.2, 0.25) is 0 Å². The number of ketones is 1. The van der Waals surface area contributed by atoms with E-state index in [0.29, 0.717) is 5.92 Å². The Bertz CT molecular complexity index is 2010. The van der Waals surface area contributed by atoms with Gasteiger partial charge < -0.3 is 9.67 Å². The number of carbonyl (C=O) groups excluding carboxylic acids is 1. The van der Waals surface area contributed by atoms with Gasteiger partial charge in [0.1, 0.15) is 11.5 Å². The zero-order valence-corrected chi connectivity index (χ0v) is 36.5. The van der Waals surface area contributed by atoms with Crippen LogP contribution in [0.2, 0.25) is 0 Å². The molecule has 5 aromatic rings.